The third-order valence-corrected chi connectivity index (χ3v) is 3.71. The smallest absolute Gasteiger partial charge is 0.418 e. The molecule has 0 saturated carbocycles. The van der Waals surface area contributed by atoms with E-state index < -0.39 is 10.2 Å². The Labute approximate surface area is 135 Å². The lowest BCUT2D eigenvalue weighted by Crippen LogP contribution is -2.68. The fraction of sp³-hybridized carbons (Fsp3) is 0. The first kappa shape index (κ1) is 16.9. The molecule has 0 bridgehead atoms. The Morgan fingerprint density at radius 2 is 1.59 bits per heavy atom. The number of rotatable bonds is 1. The number of hydrogen-bond donors (Lipinski definition) is 1. The van der Waals surface area contributed by atoms with Crippen LogP contribution < -0.4 is 18.6 Å². The summed E-state index contributed by atoms with van der Waals surface area (Å²) in [6.07, 6.45) is 0. The summed E-state index contributed by atoms with van der Waals surface area (Å²) in [5.41, 5.74) is 1.76. The van der Waals surface area contributed by atoms with Crippen molar-refractivity contribution in [2.45, 2.75) is 0 Å². The van der Waals surface area contributed by atoms with Gasteiger partial charge in [-0.2, -0.15) is 4.42 Å². The largest absolute Gasteiger partial charge is 0.508 e. The summed E-state index contributed by atoms with van der Waals surface area (Å²) in [5, 5.41) is 10.9. The first-order valence-corrected chi connectivity index (χ1v) is 8.08. The van der Waals surface area contributed by atoms with Gasteiger partial charge in [0.25, 0.3) is 0 Å². The minimum atomic E-state index is -4.94. The topological polar surface area (TPSA) is 124 Å². The molecule has 9 heteroatoms. The van der Waals surface area contributed by atoms with E-state index in [1.165, 1.54) is 11.3 Å². The van der Waals surface area contributed by atoms with Crippen LogP contribution in [-0.4, -0.2) is 5.11 Å². The molecule has 1 heterocycles. The molecule has 116 valence electrons. The highest BCUT2D eigenvalue weighted by atomic mass is 35.7. The van der Waals surface area contributed by atoms with E-state index in [1.807, 2.05) is 24.3 Å². The minimum absolute atomic E-state index is 0.247. The van der Waals surface area contributed by atoms with Crippen molar-refractivity contribution in [1.82, 2.24) is 0 Å². The molecule has 0 fully saturated rings. The van der Waals surface area contributed by atoms with E-state index in [1.54, 1.807) is 18.2 Å². The monoisotopic (exact) mass is 362 g/mol. The zero-order valence-electron chi connectivity index (χ0n) is 10.7. The van der Waals surface area contributed by atoms with Gasteiger partial charge >= 0.3 is 10.7 Å². The van der Waals surface area contributed by atoms with Crippen molar-refractivity contribution in [3.8, 4) is 16.4 Å². The molecule has 6 nitrogen and oxygen atoms in total. The first-order chi connectivity index (χ1) is 10.2. The number of phenols is 1. The number of benzene rings is 2. The van der Waals surface area contributed by atoms with E-state index >= 15 is 0 Å². The van der Waals surface area contributed by atoms with Gasteiger partial charge in [0.05, 0.1) is 5.56 Å². The quantitative estimate of drug-likeness (QED) is 0.609. The molecule has 22 heavy (non-hydrogen) atoms. The minimum Gasteiger partial charge on any atom is -0.508 e. The Morgan fingerprint density at radius 1 is 1.00 bits per heavy atom. The van der Waals surface area contributed by atoms with E-state index in [4.69, 9.17) is 34.7 Å². The molecule has 0 atom stereocenters. The lowest BCUT2D eigenvalue weighted by Gasteiger charge is -2.17. The van der Waals surface area contributed by atoms with Gasteiger partial charge in [0.2, 0.25) is 0 Å². The molecule has 1 aromatic heterocycles. The fourth-order valence-electron chi connectivity index (χ4n) is 1.59. The van der Waals surface area contributed by atoms with Crippen LogP contribution in [0.25, 0.3) is 20.9 Å². The summed E-state index contributed by atoms with van der Waals surface area (Å²) < 4.78 is 40.6. The highest BCUT2D eigenvalue weighted by Crippen LogP contribution is 2.35. The molecular formula is C13H8Cl2O6S. The molecule has 3 rings (SSSR count). The number of phenolic OH excluding ortho intramolecular Hbond substituents is 1. The van der Waals surface area contributed by atoms with Crippen LogP contribution in [0.4, 0.5) is 0 Å². The molecule has 0 radical (unpaired) electrons. The Balaban J connectivity index is 0.000000309. The summed E-state index contributed by atoms with van der Waals surface area (Å²) in [6, 6.07) is 12.6. The summed E-state index contributed by atoms with van der Waals surface area (Å²) in [6.45, 7) is 0. The average molecular weight is 363 g/mol. The van der Waals surface area contributed by atoms with Gasteiger partial charge < -0.3 is 5.11 Å². The van der Waals surface area contributed by atoms with Gasteiger partial charge in [-0.1, -0.05) is 11.6 Å². The molecule has 3 aromatic rings. The molecule has 0 saturated heterocycles. The Bertz CT molecular complexity index is 760. The maximum Gasteiger partial charge on any atom is 0.418 e. The molecule has 2 aromatic carbocycles. The van der Waals surface area contributed by atoms with E-state index in [-0.39, 0.29) is 5.75 Å². The maximum atomic E-state index is 9.39. The Hall–Kier alpha value is -1.45. The average Bonchev–Trinajstić information content (AvgIpc) is 2.80. The van der Waals surface area contributed by atoms with Crippen molar-refractivity contribution in [3.05, 3.63) is 47.5 Å². The second kappa shape index (κ2) is 6.76. The summed E-state index contributed by atoms with van der Waals surface area (Å²) >= 11 is 7.34. The molecule has 0 spiro atoms. The number of hydrogen-bond acceptors (Lipinski definition) is 6. The van der Waals surface area contributed by atoms with Crippen molar-refractivity contribution < 1.29 is 38.4 Å². The van der Waals surface area contributed by atoms with Crippen molar-refractivity contribution in [2.75, 3.05) is 0 Å². The molecule has 0 aliphatic heterocycles. The number of fused-ring (bicyclic) bond motifs is 1. The van der Waals surface area contributed by atoms with Crippen LogP contribution >= 0.6 is 22.9 Å². The third kappa shape index (κ3) is 5.08. The summed E-state index contributed by atoms with van der Waals surface area (Å²) in [5.74, 6) is 0.247. The molecule has 1 N–H and O–H groups in total. The van der Waals surface area contributed by atoms with Crippen LogP contribution in [0.3, 0.4) is 0 Å². The van der Waals surface area contributed by atoms with Crippen molar-refractivity contribution in [3.63, 3.8) is 0 Å². The predicted molar refractivity (Wildman–Crippen MR) is 70.6 cm³/mol. The zero-order chi connectivity index (χ0) is 16.3. The van der Waals surface area contributed by atoms with Gasteiger partial charge in [-0.05, 0) is 41.7 Å². The van der Waals surface area contributed by atoms with Crippen molar-refractivity contribution in [1.29, 1.82) is 0 Å². The second-order valence-corrected chi connectivity index (χ2v) is 6.21. The maximum absolute atomic E-state index is 9.39. The molecule has 0 amide bonds. The van der Waals surface area contributed by atoms with E-state index in [2.05, 4.69) is 0 Å². The van der Waals surface area contributed by atoms with Crippen LogP contribution in [0.2, 0.25) is 5.02 Å². The highest BCUT2D eigenvalue weighted by molar-refractivity contribution is 7.21. The Morgan fingerprint density at radius 3 is 2.18 bits per heavy atom. The van der Waals surface area contributed by atoms with Crippen LogP contribution in [0.15, 0.2) is 46.9 Å². The van der Waals surface area contributed by atoms with Gasteiger partial charge in [0.1, 0.15) is 10.4 Å². The van der Waals surface area contributed by atoms with Crippen molar-refractivity contribution >= 4 is 33.2 Å². The normalized spacial score (nSPS) is 11.1. The Kier molecular flexibility index (Phi) is 5.20. The van der Waals surface area contributed by atoms with E-state index in [0.29, 0.717) is 5.02 Å². The molecule has 0 unspecified atom stereocenters. The van der Waals surface area contributed by atoms with Gasteiger partial charge in [-0.15, -0.1) is 10.2 Å². The van der Waals surface area contributed by atoms with Gasteiger partial charge in [-0.25, -0.2) is 18.6 Å². The first-order valence-electron chi connectivity index (χ1n) is 5.66. The van der Waals surface area contributed by atoms with Crippen LogP contribution in [0.5, 0.6) is 5.75 Å². The van der Waals surface area contributed by atoms with Crippen LogP contribution in [-0.2, 0) is 0 Å². The van der Waals surface area contributed by atoms with Crippen molar-refractivity contribution in [2.24, 2.45) is 0 Å². The number of aromatic hydroxyl groups is 1. The van der Waals surface area contributed by atoms with Crippen LogP contribution in [0.1, 0.15) is 0 Å². The summed E-state index contributed by atoms with van der Waals surface area (Å²) in [7, 11) is -4.94. The van der Waals surface area contributed by atoms with Gasteiger partial charge in [-0.3, -0.25) is 0 Å². The highest BCUT2D eigenvalue weighted by Gasteiger charge is 2.19. The van der Waals surface area contributed by atoms with Crippen LogP contribution in [0, 0.1) is 10.2 Å². The SMILES string of the molecule is Oc1ccc2[o+]c(-c3ccc(Cl)cc3)sc2c1.[O-][Cl+3]([O-])([O-])[O-]. The molecular weight excluding hydrogens is 355 g/mol. The predicted octanol–water partition coefficient (Wildman–Crippen LogP) is 0.0454. The lowest BCUT2D eigenvalue weighted by atomic mass is 10.2. The zero-order valence-corrected chi connectivity index (χ0v) is 13.0. The molecule has 0 aliphatic carbocycles. The third-order valence-electron chi connectivity index (χ3n) is 2.41. The van der Waals surface area contributed by atoms with E-state index in [9.17, 15) is 5.11 Å². The van der Waals surface area contributed by atoms with Gasteiger partial charge in [0, 0.05) is 17.2 Å². The fourth-order valence-corrected chi connectivity index (χ4v) is 2.69. The summed E-state index contributed by atoms with van der Waals surface area (Å²) in [4.78, 5) is 0. The second-order valence-electron chi connectivity index (χ2n) is 4.01. The van der Waals surface area contributed by atoms with Gasteiger partial charge in [0.15, 0.2) is 0 Å². The molecule has 0 aliphatic rings. The standard InChI is InChI=1S/C13H7ClO2S.ClHO4/c14-9-3-1-8(2-4-9)13-16-11-6-5-10(15)7-12(11)17-13;2-1(3,4)5/h1-7H;(H,2,3,4,5). The van der Waals surface area contributed by atoms with E-state index in [0.717, 1.165) is 20.9 Å². The lowest BCUT2D eigenvalue weighted by molar-refractivity contribution is -2.00. The number of halogens is 2.